The van der Waals surface area contributed by atoms with Gasteiger partial charge in [0.05, 0.1) is 30.8 Å². The first-order valence-corrected chi connectivity index (χ1v) is 10.4. The Morgan fingerprint density at radius 2 is 1.76 bits per heavy atom. The lowest BCUT2D eigenvalue weighted by Crippen LogP contribution is -2.22. The summed E-state index contributed by atoms with van der Waals surface area (Å²) in [4.78, 5) is 13.0. The van der Waals surface area contributed by atoms with Gasteiger partial charge in [0.15, 0.2) is 17.3 Å². The van der Waals surface area contributed by atoms with E-state index in [9.17, 15) is 9.00 Å². The topological polar surface area (TPSA) is 77.8 Å². The fourth-order valence-electron chi connectivity index (χ4n) is 2.64. The van der Waals surface area contributed by atoms with Crippen LogP contribution in [-0.2, 0) is 23.1 Å². The van der Waals surface area contributed by atoms with E-state index in [2.05, 4.69) is 5.32 Å². The van der Waals surface area contributed by atoms with Crippen molar-refractivity contribution in [2.75, 3.05) is 14.2 Å². The molecule has 3 rings (SSSR count). The highest BCUT2D eigenvalue weighted by Gasteiger charge is 2.14. The van der Waals surface area contributed by atoms with E-state index in [-0.39, 0.29) is 17.4 Å². The fourth-order valence-corrected chi connectivity index (χ4v) is 3.78. The number of hydrogen-bond acceptors (Lipinski definition) is 5. The van der Waals surface area contributed by atoms with Crippen molar-refractivity contribution in [3.05, 3.63) is 76.7 Å². The van der Waals surface area contributed by atoms with Crippen LogP contribution in [0.4, 0.5) is 0 Å². The molecule has 152 valence electrons. The summed E-state index contributed by atoms with van der Waals surface area (Å²) in [5, 5.41) is 3.37. The standard InChI is InChI=1S/C21H20ClNO5S/c1-26-18-9-3-14(11-20(18)27-2)12-23-21(24)19-10-6-16(28-19)13-29(25)17-7-4-15(22)5-8-17/h3-11H,12-13H2,1-2H3,(H,23,24)/t29-/m0/s1. The number of halogens is 1. The lowest BCUT2D eigenvalue weighted by atomic mass is 10.2. The van der Waals surface area contributed by atoms with Crippen LogP contribution >= 0.6 is 11.6 Å². The van der Waals surface area contributed by atoms with Crippen LogP contribution < -0.4 is 14.8 Å². The number of rotatable bonds is 8. The minimum absolute atomic E-state index is 0.161. The molecule has 3 aromatic rings. The van der Waals surface area contributed by atoms with Gasteiger partial charge in [-0.15, -0.1) is 0 Å². The van der Waals surface area contributed by atoms with Crippen molar-refractivity contribution in [1.29, 1.82) is 0 Å². The number of carbonyl (C=O) groups excluding carboxylic acids is 1. The monoisotopic (exact) mass is 433 g/mol. The van der Waals surface area contributed by atoms with Gasteiger partial charge in [0, 0.05) is 16.5 Å². The van der Waals surface area contributed by atoms with Gasteiger partial charge in [-0.25, -0.2) is 0 Å². The summed E-state index contributed by atoms with van der Waals surface area (Å²) < 4.78 is 28.4. The molecule has 0 spiro atoms. The highest BCUT2D eigenvalue weighted by Crippen LogP contribution is 2.27. The molecular weight excluding hydrogens is 414 g/mol. The maximum Gasteiger partial charge on any atom is 0.287 e. The molecule has 0 unspecified atom stereocenters. The molecule has 1 N–H and O–H groups in total. The molecule has 0 bridgehead atoms. The molecule has 0 fully saturated rings. The van der Waals surface area contributed by atoms with Crippen molar-refractivity contribution in [2.45, 2.75) is 17.2 Å². The number of nitrogens with one attached hydrogen (secondary N) is 1. The zero-order valence-electron chi connectivity index (χ0n) is 15.9. The Balaban J connectivity index is 1.59. The van der Waals surface area contributed by atoms with E-state index < -0.39 is 10.8 Å². The zero-order valence-corrected chi connectivity index (χ0v) is 17.5. The van der Waals surface area contributed by atoms with Gasteiger partial charge in [-0.2, -0.15) is 0 Å². The van der Waals surface area contributed by atoms with Crippen LogP contribution in [0.5, 0.6) is 11.5 Å². The van der Waals surface area contributed by atoms with Crippen LogP contribution in [0.1, 0.15) is 21.9 Å². The molecule has 0 saturated carbocycles. The molecule has 0 radical (unpaired) electrons. The van der Waals surface area contributed by atoms with Crippen LogP contribution in [0.25, 0.3) is 0 Å². The average Bonchev–Trinajstić information content (AvgIpc) is 3.20. The first kappa shape index (κ1) is 21.0. The Hall–Kier alpha value is -2.77. The number of hydrogen-bond donors (Lipinski definition) is 1. The van der Waals surface area contributed by atoms with Gasteiger partial charge in [0.1, 0.15) is 5.76 Å². The Bertz CT molecular complexity index is 1020. The SMILES string of the molecule is COc1ccc(CNC(=O)c2ccc(C[S@](=O)c3ccc(Cl)cc3)o2)cc1OC. The molecule has 1 heterocycles. The molecule has 1 atom stereocenters. The molecule has 8 heteroatoms. The molecule has 1 aromatic heterocycles. The summed E-state index contributed by atoms with van der Waals surface area (Å²) in [6.45, 7) is 0.298. The van der Waals surface area contributed by atoms with E-state index in [1.165, 1.54) is 0 Å². The van der Waals surface area contributed by atoms with Gasteiger partial charge in [-0.1, -0.05) is 17.7 Å². The number of benzene rings is 2. The minimum atomic E-state index is -1.29. The van der Waals surface area contributed by atoms with E-state index in [4.69, 9.17) is 25.5 Å². The zero-order chi connectivity index (χ0) is 20.8. The predicted octanol–water partition coefficient (Wildman–Crippen LogP) is 4.19. The lowest BCUT2D eigenvalue weighted by Gasteiger charge is -2.10. The van der Waals surface area contributed by atoms with Gasteiger partial charge >= 0.3 is 0 Å². The van der Waals surface area contributed by atoms with Crippen LogP contribution in [0.3, 0.4) is 0 Å². The highest BCUT2D eigenvalue weighted by atomic mass is 35.5. The lowest BCUT2D eigenvalue weighted by molar-refractivity contribution is 0.0921. The van der Waals surface area contributed by atoms with Crippen molar-refractivity contribution in [2.24, 2.45) is 0 Å². The van der Waals surface area contributed by atoms with Crippen LogP contribution in [0.15, 0.2) is 63.9 Å². The molecule has 0 aliphatic heterocycles. The summed E-state index contributed by atoms with van der Waals surface area (Å²) in [5.74, 6) is 1.65. The Kier molecular flexibility index (Phi) is 6.95. The molecule has 0 aliphatic rings. The molecule has 0 saturated heterocycles. The predicted molar refractivity (Wildman–Crippen MR) is 111 cm³/mol. The number of ether oxygens (including phenoxy) is 2. The second-order valence-electron chi connectivity index (χ2n) is 6.08. The maximum atomic E-state index is 12.4. The highest BCUT2D eigenvalue weighted by molar-refractivity contribution is 7.84. The molecular formula is C21H20ClNO5S. The number of amides is 1. The maximum absolute atomic E-state index is 12.4. The van der Waals surface area contributed by atoms with Crippen LogP contribution in [0.2, 0.25) is 5.02 Å². The summed E-state index contributed by atoms with van der Waals surface area (Å²) in [7, 11) is 1.82. The molecule has 6 nitrogen and oxygen atoms in total. The second-order valence-corrected chi connectivity index (χ2v) is 7.97. The first-order chi connectivity index (χ1) is 14.0. The van der Waals surface area contributed by atoms with Crippen LogP contribution in [-0.4, -0.2) is 24.3 Å². The van der Waals surface area contributed by atoms with E-state index in [1.807, 2.05) is 6.07 Å². The smallest absolute Gasteiger partial charge is 0.287 e. The molecule has 2 aromatic carbocycles. The van der Waals surface area contributed by atoms with E-state index in [0.29, 0.717) is 33.7 Å². The quantitative estimate of drug-likeness (QED) is 0.576. The number of carbonyl (C=O) groups is 1. The number of furan rings is 1. The Labute approximate surface area is 176 Å². The van der Waals surface area contributed by atoms with Crippen molar-refractivity contribution < 1.29 is 22.9 Å². The third-order valence-corrected chi connectivity index (χ3v) is 5.73. The van der Waals surface area contributed by atoms with Crippen LogP contribution in [0, 0.1) is 0 Å². The third kappa shape index (κ3) is 5.40. The van der Waals surface area contributed by atoms with Gasteiger partial charge in [0.25, 0.3) is 5.91 Å². The van der Waals surface area contributed by atoms with Crippen molar-refractivity contribution >= 4 is 28.3 Å². The Morgan fingerprint density at radius 3 is 2.45 bits per heavy atom. The first-order valence-electron chi connectivity index (χ1n) is 8.72. The largest absolute Gasteiger partial charge is 0.493 e. The van der Waals surface area contributed by atoms with E-state index >= 15 is 0 Å². The third-order valence-electron chi connectivity index (χ3n) is 4.14. The average molecular weight is 434 g/mol. The Morgan fingerprint density at radius 1 is 1.03 bits per heavy atom. The summed E-state index contributed by atoms with van der Waals surface area (Å²) >= 11 is 5.85. The van der Waals surface area contributed by atoms with Gasteiger partial charge < -0.3 is 19.2 Å². The van der Waals surface area contributed by atoms with E-state index in [1.54, 1.807) is 62.8 Å². The van der Waals surface area contributed by atoms with Gasteiger partial charge in [-0.05, 0) is 54.1 Å². The van der Waals surface area contributed by atoms with Gasteiger partial charge in [0.2, 0.25) is 0 Å². The number of methoxy groups -OCH3 is 2. The van der Waals surface area contributed by atoms with Crippen molar-refractivity contribution in [3.63, 3.8) is 0 Å². The van der Waals surface area contributed by atoms with Crippen molar-refractivity contribution in [1.82, 2.24) is 5.32 Å². The summed E-state index contributed by atoms with van der Waals surface area (Å²) in [6.07, 6.45) is 0. The molecule has 0 aliphatic carbocycles. The normalized spacial score (nSPS) is 11.7. The fraction of sp³-hybridized carbons (Fsp3) is 0.190. The molecule has 29 heavy (non-hydrogen) atoms. The summed E-state index contributed by atoms with van der Waals surface area (Å²) in [5.41, 5.74) is 0.853. The van der Waals surface area contributed by atoms with Gasteiger partial charge in [-0.3, -0.25) is 9.00 Å². The summed E-state index contributed by atoms with van der Waals surface area (Å²) in [6, 6.07) is 15.4. The second kappa shape index (κ2) is 9.62. The van der Waals surface area contributed by atoms with E-state index in [0.717, 1.165) is 5.56 Å². The van der Waals surface area contributed by atoms with Crippen molar-refractivity contribution in [3.8, 4) is 11.5 Å². The molecule has 1 amide bonds. The minimum Gasteiger partial charge on any atom is -0.493 e.